The minimum absolute atomic E-state index is 0.0379. The van der Waals surface area contributed by atoms with E-state index in [2.05, 4.69) is 22.3 Å². The number of carbonyl (C=O) groups is 1. The van der Waals surface area contributed by atoms with Gasteiger partial charge in [-0.2, -0.15) is 0 Å². The standard InChI is InChI=1S/C23H30N4O4/c1-16(28)25-11-13-27(14-12-25)21-20(22(29)23(21)30)24-15-19(26-9-3-4-10-26)17-5-7-18(31-2)8-6-17/h5-8,19,24H,3-4,9-15H2,1-2H3/t19-/m1/s1. The van der Waals surface area contributed by atoms with Crippen molar-refractivity contribution in [2.24, 2.45) is 0 Å². The minimum atomic E-state index is -0.445. The Bertz CT molecular complexity index is 982. The molecule has 31 heavy (non-hydrogen) atoms. The smallest absolute Gasteiger partial charge is 0.253 e. The van der Waals surface area contributed by atoms with Gasteiger partial charge in [-0.25, -0.2) is 0 Å². The van der Waals surface area contributed by atoms with Gasteiger partial charge in [0.05, 0.1) is 13.2 Å². The lowest BCUT2D eigenvalue weighted by Crippen LogP contribution is -2.52. The van der Waals surface area contributed by atoms with Gasteiger partial charge in [0.1, 0.15) is 17.1 Å². The van der Waals surface area contributed by atoms with Crippen LogP contribution in [0.15, 0.2) is 33.9 Å². The van der Waals surface area contributed by atoms with Gasteiger partial charge >= 0.3 is 0 Å². The molecule has 8 nitrogen and oxygen atoms in total. The first kappa shape index (κ1) is 21.4. The minimum Gasteiger partial charge on any atom is -0.497 e. The van der Waals surface area contributed by atoms with Gasteiger partial charge < -0.3 is 19.9 Å². The normalized spacial score (nSPS) is 18.4. The van der Waals surface area contributed by atoms with Crippen LogP contribution >= 0.6 is 0 Å². The number of amides is 1. The number of likely N-dealkylation sites (tertiary alicyclic amines) is 1. The van der Waals surface area contributed by atoms with E-state index >= 15 is 0 Å². The lowest BCUT2D eigenvalue weighted by molar-refractivity contribution is -0.129. The van der Waals surface area contributed by atoms with Crippen LogP contribution in [0.4, 0.5) is 11.4 Å². The fraction of sp³-hybridized carbons (Fsp3) is 0.522. The van der Waals surface area contributed by atoms with Crippen molar-refractivity contribution < 1.29 is 9.53 Å². The summed E-state index contributed by atoms with van der Waals surface area (Å²) in [7, 11) is 1.65. The van der Waals surface area contributed by atoms with Gasteiger partial charge in [0.25, 0.3) is 10.9 Å². The number of hydrogen-bond acceptors (Lipinski definition) is 7. The first-order chi connectivity index (χ1) is 15.0. The molecule has 0 bridgehead atoms. The van der Waals surface area contributed by atoms with E-state index in [-0.39, 0.29) is 11.9 Å². The van der Waals surface area contributed by atoms with Gasteiger partial charge in [-0.3, -0.25) is 19.3 Å². The Kier molecular flexibility index (Phi) is 6.27. The van der Waals surface area contributed by atoms with E-state index in [4.69, 9.17) is 4.74 Å². The highest BCUT2D eigenvalue weighted by atomic mass is 16.5. The summed E-state index contributed by atoms with van der Waals surface area (Å²) in [4.78, 5) is 42.4. The molecule has 2 aromatic rings. The van der Waals surface area contributed by atoms with E-state index < -0.39 is 10.9 Å². The van der Waals surface area contributed by atoms with Gasteiger partial charge in [-0.05, 0) is 43.6 Å². The number of methoxy groups -OCH3 is 1. The SMILES string of the molecule is COc1ccc([C@@H](CNc2c(N3CCN(C(C)=O)CC3)c(=O)c2=O)N2CCCC2)cc1. The summed E-state index contributed by atoms with van der Waals surface area (Å²) in [5, 5.41) is 3.30. The Morgan fingerprint density at radius 2 is 1.65 bits per heavy atom. The van der Waals surface area contributed by atoms with Gasteiger partial charge in [-0.15, -0.1) is 0 Å². The van der Waals surface area contributed by atoms with Crippen molar-refractivity contribution in [3.63, 3.8) is 0 Å². The molecule has 2 aliphatic rings. The summed E-state index contributed by atoms with van der Waals surface area (Å²) in [6, 6.07) is 8.15. The second-order valence-corrected chi connectivity index (χ2v) is 8.29. The van der Waals surface area contributed by atoms with Crippen molar-refractivity contribution in [1.82, 2.24) is 9.80 Å². The number of hydrogen-bond donors (Lipinski definition) is 1. The molecule has 8 heteroatoms. The van der Waals surface area contributed by atoms with Crippen LogP contribution in [-0.2, 0) is 4.79 Å². The third kappa shape index (κ3) is 4.30. The predicted molar refractivity (Wildman–Crippen MR) is 121 cm³/mol. The third-order valence-electron chi connectivity index (χ3n) is 6.48. The van der Waals surface area contributed by atoms with Gasteiger partial charge in [-0.1, -0.05) is 12.1 Å². The number of ether oxygens (including phenoxy) is 1. The number of anilines is 2. The Morgan fingerprint density at radius 3 is 2.23 bits per heavy atom. The topological polar surface area (TPSA) is 82.2 Å². The molecule has 166 valence electrons. The van der Waals surface area contributed by atoms with Gasteiger partial charge in [0.2, 0.25) is 5.91 Å². The van der Waals surface area contributed by atoms with E-state index in [0.29, 0.717) is 44.1 Å². The number of piperazine rings is 1. The van der Waals surface area contributed by atoms with E-state index in [9.17, 15) is 14.4 Å². The quantitative estimate of drug-likeness (QED) is 0.667. The summed E-state index contributed by atoms with van der Waals surface area (Å²) < 4.78 is 5.28. The molecule has 1 atom stereocenters. The zero-order chi connectivity index (χ0) is 22.0. The molecule has 2 aliphatic heterocycles. The highest BCUT2D eigenvalue weighted by Crippen LogP contribution is 2.29. The summed E-state index contributed by atoms with van der Waals surface area (Å²) in [5.41, 5.74) is 1.17. The van der Waals surface area contributed by atoms with Crippen LogP contribution in [0.25, 0.3) is 0 Å². The largest absolute Gasteiger partial charge is 0.497 e. The number of carbonyl (C=O) groups excluding carboxylic acids is 1. The molecule has 0 unspecified atom stereocenters. The highest BCUT2D eigenvalue weighted by Gasteiger charge is 2.30. The summed E-state index contributed by atoms with van der Waals surface area (Å²) >= 11 is 0. The average molecular weight is 427 g/mol. The molecule has 0 aliphatic carbocycles. The van der Waals surface area contributed by atoms with Crippen LogP contribution in [-0.4, -0.2) is 68.6 Å². The lowest BCUT2D eigenvalue weighted by atomic mass is 10.0. The maximum absolute atomic E-state index is 12.3. The van der Waals surface area contributed by atoms with Crippen LogP contribution < -0.4 is 25.8 Å². The molecule has 0 saturated carbocycles. The number of nitrogens with zero attached hydrogens (tertiary/aromatic N) is 3. The van der Waals surface area contributed by atoms with Crippen LogP contribution in [0, 0.1) is 0 Å². The van der Waals surface area contributed by atoms with Crippen LogP contribution in [0.2, 0.25) is 0 Å². The molecule has 0 radical (unpaired) electrons. The van der Waals surface area contributed by atoms with E-state index in [1.54, 1.807) is 18.9 Å². The van der Waals surface area contributed by atoms with E-state index in [0.717, 1.165) is 24.4 Å². The monoisotopic (exact) mass is 426 g/mol. The average Bonchev–Trinajstić information content (AvgIpc) is 3.33. The maximum atomic E-state index is 12.3. The number of benzene rings is 1. The second-order valence-electron chi connectivity index (χ2n) is 8.29. The Morgan fingerprint density at radius 1 is 1.00 bits per heavy atom. The van der Waals surface area contributed by atoms with Crippen LogP contribution in [0.3, 0.4) is 0 Å². The van der Waals surface area contributed by atoms with E-state index in [1.165, 1.54) is 12.8 Å². The summed E-state index contributed by atoms with van der Waals surface area (Å²) in [6.45, 7) is 6.40. The molecule has 1 N–H and O–H groups in total. The number of nitrogens with one attached hydrogen (secondary N) is 1. The Hall–Kier alpha value is -2.87. The second kappa shape index (κ2) is 9.09. The molecule has 4 rings (SSSR count). The molecule has 0 aromatic heterocycles. The fourth-order valence-electron chi connectivity index (χ4n) is 4.63. The third-order valence-corrected chi connectivity index (χ3v) is 6.48. The lowest BCUT2D eigenvalue weighted by Gasteiger charge is -2.37. The predicted octanol–water partition coefficient (Wildman–Crippen LogP) is 1.21. The van der Waals surface area contributed by atoms with Crippen LogP contribution in [0.5, 0.6) is 5.75 Å². The molecular formula is C23H30N4O4. The van der Waals surface area contributed by atoms with Gasteiger partial charge in [0, 0.05) is 39.6 Å². The molecule has 2 aromatic carbocycles. The van der Waals surface area contributed by atoms with Crippen molar-refractivity contribution in [3.8, 4) is 5.75 Å². The van der Waals surface area contributed by atoms with E-state index in [1.807, 2.05) is 17.0 Å². The fourth-order valence-corrected chi connectivity index (χ4v) is 4.63. The molecule has 2 heterocycles. The Balaban J connectivity index is 1.49. The van der Waals surface area contributed by atoms with Crippen molar-refractivity contribution in [3.05, 3.63) is 50.3 Å². The van der Waals surface area contributed by atoms with Gasteiger partial charge in [0.15, 0.2) is 0 Å². The maximum Gasteiger partial charge on any atom is 0.253 e. The first-order valence-corrected chi connectivity index (χ1v) is 10.9. The number of rotatable bonds is 7. The summed E-state index contributed by atoms with van der Waals surface area (Å²) in [5.74, 6) is 0.849. The van der Waals surface area contributed by atoms with Crippen molar-refractivity contribution in [2.75, 3.05) is 63.1 Å². The summed E-state index contributed by atoms with van der Waals surface area (Å²) in [6.07, 6.45) is 2.33. The molecule has 0 spiro atoms. The molecule has 2 saturated heterocycles. The van der Waals surface area contributed by atoms with Crippen molar-refractivity contribution in [2.45, 2.75) is 25.8 Å². The Labute approximate surface area is 182 Å². The first-order valence-electron chi connectivity index (χ1n) is 10.9. The van der Waals surface area contributed by atoms with Crippen molar-refractivity contribution >= 4 is 17.3 Å². The molecular weight excluding hydrogens is 396 g/mol. The zero-order valence-corrected chi connectivity index (χ0v) is 18.2. The van der Waals surface area contributed by atoms with Crippen molar-refractivity contribution in [1.29, 1.82) is 0 Å². The zero-order valence-electron chi connectivity index (χ0n) is 18.2. The molecule has 1 amide bonds. The van der Waals surface area contributed by atoms with Crippen LogP contribution in [0.1, 0.15) is 31.4 Å². The highest BCUT2D eigenvalue weighted by molar-refractivity contribution is 5.77. The molecule has 2 fully saturated rings.